The normalized spacial score (nSPS) is 18.5. The van der Waals surface area contributed by atoms with E-state index in [0.717, 1.165) is 18.5 Å². The molecule has 1 aliphatic carbocycles. The van der Waals surface area contributed by atoms with Crippen molar-refractivity contribution in [2.45, 2.75) is 70.9 Å². The number of anilines is 1. The molecule has 2 rings (SSSR count). The molecule has 124 valence electrons. The van der Waals surface area contributed by atoms with Gasteiger partial charge in [-0.1, -0.05) is 18.2 Å². The molecule has 1 aliphatic rings. The van der Waals surface area contributed by atoms with Gasteiger partial charge in [0.2, 0.25) is 0 Å². The first-order valence-electron chi connectivity index (χ1n) is 8.07. The first-order valence-corrected chi connectivity index (χ1v) is 9.62. The van der Waals surface area contributed by atoms with Crippen molar-refractivity contribution < 1.29 is 13.6 Å². The Morgan fingerprint density at radius 1 is 1.00 bits per heavy atom. The molecule has 22 heavy (non-hydrogen) atoms. The topological polar surface area (TPSA) is 47.6 Å². The number of para-hydroxylation sites is 1. The summed E-state index contributed by atoms with van der Waals surface area (Å²) in [6, 6.07) is 10.0. The van der Waals surface area contributed by atoms with Gasteiger partial charge in [0.1, 0.15) is 0 Å². The summed E-state index contributed by atoms with van der Waals surface area (Å²) in [7, 11) is -3.18. The quantitative estimate of drug-likeness (QED) is 0.678. The van der Waals surface area contributed by atoms with Gasteiger partial charge in [-0.05, 0) is 59.6 Å². The summed E-state index contributed by atoms with van der Waals surface area (Å²) < 4.78 is 25.1. The molecule has 0 aromatic heterocycles. The Hall–Kier alpha value is -0.830. The third-order valence-electron chi connectivity index (χ3n) is 3.97. The van der Waals surface area contributed by atoms with Crippen LogP contribution in [0.4, 0.5) is 5.69 Å². The highest BCUT2D eigenvalue weighted by molar-refractivity contribution is 7.56. The monoisotopic (exact) mass is 325 g/mol. The van der Waals surface area contributed by atoms with Gasteiger partial charge in [0.05, 0.1) is 17.4 Å². The van der Waals surface area contributed by atoms with E-state index in [1.54, 1.807) is 0 Å². The lowest BCUT2D eigenvalue weighted by Crippen LogP contribution is -2.35. The van der Waals surface area contributed by atoms with E-state index < -0.39 is 12.8 Å². The Morgan fingerprint density at radius 3 is 1.91 bits per heavy atom. The van der Waals surface area contributed by atoms with Crippen molar-refractivity contribution in [2.75, 3.05) is 5.32 Å². The van der Waals surface area contributed by atoms with Crippen molar-refractivity contribution in [3.05, 3.63) is 30.3 Å². The lowest BCUT2D eigenvalue weighted by Gasteiger charge is -2.34. The zero-order valence-electron chi connectivity index (χ0n) is 14.2. The third kappa shape index (κ3) is 3.73. The summed E-state index contributed by atoms with van der Waals surface area (Å²) in [6.07, 6.45) is 1.49. The molecular formula is C17H28NO3P. The Kier molecular flexibility index (Phi) is 5.37. The second-order valence-corrected chi connectivity index (χ2v) is 8.95. The maximum absolute atomic E-state index is 13.5. The zero-order chi connectivity index (χ0) is 16.4. The molecule has 1 unspecified atom stereocenters. The number of benzene rings is 1. The minimum absolute atomic E-state index is 0.0261. The minimum Gasteiger partial charge on any atom is -0.381 e. The fourth-order valence-electron chi connectivity index (χ4n) is 2.78. The van der Waals surface area contributed by atoms with Crippen LogP contribution in [0.25, 0.3) is 0 Å². The minimum atomic E-state index is -3.18. The lowest BCUT2D eigenvalue weighted by atomic mass is 10.2. The number of rotatable bonds is 8. The molecular weight excluding hydrogens is 297 g/mol. The SMILES string of the molecule is CC(C)OP(=O)(OC(C)C)C1(C(C)Nc2ccccc2)CC1. The van der Waals surface area contributed by atoms with Crippen LogP contribution >= 0.6 is 7.60 Å². The Morgan fingerprint density at radius 2 is 1.50 bits per heavy atom. The van der Waals surface area contributed by atoms with E-state index in [9.17, 15) is 4.57 Å². The van der Waals surface area contributed by atoms with Crippen molar-refractivity contribution in [3.8, 4) is 0 Å². The van der Waals surface area contributed by atoms with E-state index >= 15 is 0 Å². The predicted molar refractivity (Wildman–Crippen MR) is 91.5 cm³/mol. The van der Waals surface area contributed by atoms with Crippen LogP contribution in [0.3, 0.4) is 0 Å². The summed E-state index contributed by atoms with van der Waals surface area (Å²) >= 11 is 0. The van der Waals surface area contributed by atoms with Crippen molar-refractivity contribution >= 4 is 13.3 Å². The molecule has 1 atom stereocenters. The first-order chi connectivity index (χ1) is 10.3. The summed E-state index contributed by atoms with van der Waals surface area (Å²) in [6.45, 7) is 9.69. The smallest absolute Gasteiger partial charge is 0.339 e. The average Bonchev–Trinajstić information content (AvgIpc) is 3.19. The second kappa shape index (κ2) is 6.74. The molecule has 1 aromatic rings. The Labute approximate surface area is 134 Å². The molecule has 0 heterocycles. The van der Waals surface area contributed by atoms with Gasteiger partial charge in [0, 0.05) is 11.7 Å². The maximum Gasteiger partial charge on any atom is 0.339 e. The Bertz CT molecular complexity index is 512. The molecule has 1 aromatic carbocycles. The van der Waals surface area contributed by atoms with Crippen molar-refractivity contribution in [3.63, 3.8) is 0 Å². The van der Waals surface area contributed by atoms with Crippen LogP contribution in [0.5, 0.6) is 0 Å². The van der Waals surface area contributed by atoms with Gasteiger partial charge in [-0.2, -0.15) is 0 Å². The highest BCUT2D eigenvalue weighted by atomic mass is 31.2. The van der Waals surface area contributed by atoms with Gasteiger partial charge in [0.25, 0.3) is 0 Å². The van der Waals surface area contributed by atoms with Crippen LogP contribution < -0.4 is 5.32 Å². The molecule has 0 spiro atoms. The molecule has 1 N–H and O–H groups in total. The van der Waals surface area contributed by atoms with E-state index in [0.29, 0.717) is 0 Å². The van der Waals surface area contributed by atoms with Crippen LogP contribution in [-0.4, -0.2) is 23.4 Å². The first kappa shape index (κ1) is 17.5. The lowest BCUT2D eigenvalue weighted by molar-refractivity contribution is 0.133. The van der Waals surface area contributed by atoms with Crippen molar-refractivity contribution in [2.24, 2.45) is 0 Å². The van der Waals surface area contributed by atoms with Gasteiger partial charge in [-0.25, -0.2) is 0 Å². The van der Waals surface area contributed by atoms with Gasteiger partial charge >= 0.3 is 7.60 Å². The van der Waals surface area contributed by atoms with Crippen LogP contribution in [0, 0.1) is 0 Å². The summed E-state index contributed by atoms with van der Waals surface area (Å²) in [5, 5.41) is 3.05. The molecule has 5 heteroatoms. The molecule has 0 radical (unpaired) electrons. The van der Waals surface area contributed by atoms with E-state index in [2.05, 4.69) is 12.2 Å². The zero-order valence-corrected chi connectivity index (χ0v) is 15.1. The molecule has 1 fully saturated rings. The molecule has 0 amide bonds. The summed E-state index contributed by atoms with van der Waals surface area (Å²) in [4.78, 5) is 0. The standard InChI is InChI=1S/C17H28NO3P/c1-13(2)20-22(19,21-14(3)4)17(11-12-17)15(5)18-16-9-7-6-8-10-16/h6-10,13-15,18H,11-12H2,1-5H3. The predicted octanol–water partition coefficient (Wildman–Crippen LogP) is 5.06. The highest BCUT2D eigenvalue weighted by Crippen LogP contribution is 2.73. The third-order valence-corrected chi connectivity index (χ3v) is 7.29. The average molecular weight is 325 g/mol. The summed E-state index contributed by atoms with van der Waals surface area (Å²) in [5.74, 6) is 0. The number of hydrogen-bond donors (Lipinski definition) is 1. The van der Waals surface area contributed by atoms with E-state index in [-0.39, 0.29) is 18.2 Å². The maximum atomic E-state index is 13.5. The van der Waals surface area contributed by atoms with Crippen LogP contribution in [0.1, 0.15) is 47.5 Å². The molecule has 0 saturated heterocycles. The van der Waals surface area contributed by atoms with Gasteiger partial charge in [0.15, 0.2) is 0 Å². The van der Waals surface area contributed by atoms with Crippen molar-refractivity contribution in [1.82, 2.24) is 0 Å². The largest absolute Gasteiger partial charge is 0.381 e. The van der Waals surface area contributed by atoms with Crippen LogP contribution in [-0.2, 0) is 13.6 Å². The molecule has 0 aliphatic heterocycles. The fraction of sp³-hybridized carbons (Fsp3) is 0.647. The van der Waals surface area contributed by atoms with Gasteiger partial charge in [-0.3, -0.25) is 4.57 Å². The molecule has 1 saturated carbocycles. The van der Waals surface area contributed by atoms with Crippen LogP contribution in [0.2, 0.25) is 0 Å². The number of nitrogens with one attached hydrogen (secondary N) is 1. The molecule has 0 bridgehead atoms. The van der Waals surface area contributed by atoms with Gasteiger partial charge < -0.3 is 14.4 Å². The fourth-order valence-corrected chi connectivity index (χ4v) is 5.56. The van der Waals surface area contributed by atoms with Gasteiger partial charge in [-0.15, -0.1) is 0 Å². The molecule has 4 nitrogen and oxygen atoms in total. The highest BCUT2D eigenvalue weighted by Gasteiger charge is 2.64. The van der Waals surface area contributed by atoms with E-state index in [1.807, 2.05) is 58.0 Å². The Balaban J connectivity index is 2.20. The summed E-state index contributed by atoms with van der Waals surface area (Å²) in [5.41, 5.74) is 1.03. The number of hydrogen-bond acceptors (Lipinski definition) is 4. The van der Waals surface area contributed by atoms with Crippen molar-refractivity contribution in [1.29, 1.82) is 0 Å². The second-order valence-electron chi connectivity index (χ2n) is 6.64. The van der Waals surface area contributed by atoms with E-state index in [1.165, 1.54) is 0 Å². The van der Waals surface area contributed by atoms with E-state index in [4.69, 9.17) is 9.05 Å². The van der Waals surface area contributed by atoms with Crippen LogP contribution in [0.15, 0.2) is 30.3 Å².